The van der Waals surface area contributed by atoms with Crippen molar-refractivity contribution < 1.29 is 4.79 Å². The molecule has 0 aromatic heterocycles. The molecule has 11 heavy (non-hydrogen) atoms. The van der Waals surface area contributed by atoms with Crippen LogP contribution in [0.25, 0.3) is 0 Å². The quantitative estimate of drug-likeness (QED) is 0.569. The number of carbonyl (C=O) groups excluding carboxylic acids is 1. The first-order valence-corrected chi connectivity index (χ1v) is 3.98. The molecule has 0 fully saturated rings. The summed E-state index contributed by atoms with van der Waals surface area (Å²) < 4.78 is 1.28. The molecule has 0 unspecified atom stereocenters. The lowest BCUT2D eigenvalue weighted by molar-refractivity contribution is -0.106. The van der Waals surface area contributed by atoms with E-state index in [4.69, 9.17) is 11.6 Å². The summed E-state index contributed by atoms with van der Waals surface area (Å²) in [6.45, 7) is 0. The lowest BCUT2D eigenvalue weighted by Crippen LogP contribution is -2.04. The van der Waals surface area contributed by atoms with Crippen molar-refractivity contribution in [2.45, 2.75) is 0 Å². The largest absolute Gasteiger partial charge is 0.277 e. The Hall–Kier alpha value is -0.540. The second kappa shape index (κ2) is 3.74. The van der Waals surface area contributed by atoms with Crippen LogP contribution in [0.15, 0.2) is 24.3 Å². The van der Waals surface area contributed by atoms with Crippen molar-refractivity contribution in [3.8, 4) is 0 Å². The van der Waals surface area contributed by atoms with Gasteiger partial charge in [-0.3, -0.25) is 4.79 Å². The Balaban J connectivity index is 2.95. The van der Waals surface area contributed by atoms with Crippen LogP contribution in [-0.2, 0) is 4.79 Å². The van der Waals surface area contributed by atoms with Crippen molar-refractivity contribution in [3.63, 3.8) is 0 Å². The number of hydrogen-bond donors (Lipinski definition) is 0. The monoisotopic (exact) mass is 233 g/mol. The summed E-state index contributed by atoms with van der Waals surface area (Å²) >= 11 is 8.71. The van der Waals surface area contributed by atoms with Crippen LogP contribution in [0, 0.1) is 0 Å². The summed E-state index contributed by atoms with van der Waals surface area (Å²) in [5.74, 6) is 0. The average molecular weight is 234 g/mol. The number of anilines is 1. The van der Waals surface area contributed by atoms with Gasteiger partial charge in [-0.1, -0.05) is 17.7 Å². The Morgan fingerprint density at radius 2 is 2.27 bits per heavy atom. The molecule has 0 aliphatic carbocycles. The molecule has 0 spiro atoms. The highest BCUT2D eigenvalue weighted by atomic mass is 79.9. The van der Waals surface area contributed by atoms with E-state index in [9.17, 15) is 4.79 Å². The third-order valence-electron chi connectivity index (χ3n) is 1.15. The van der Waals surface area contributed by atoms with Gasteiger partial charge in [0.2, 0.25) is 6.41 Å². The standard InChI is InChI=1S/C7H5BrClNO/c8-10(5-11)7-3-1-2-6(9)4-7/h1-5H. The highest BCUT2D eigenvalue weighted by Gasteiger charge is 1.99. The van der Waals surface area contributed by atoms with Crippen LogP contribution in [0.5, 0.6) is 0 Å². The number of rotatable bonds is 2. The first-order valence-electron chi connectivity index (χ1n) is 2.90. The van der Waals surface area contributed by atoms with Crippen LogP contribution in [0.2, 0.25) is 5.02 Å². The summed E-state index contributed by atoms with van der Waals surface area (Å²) in [6.07, 6.45) is 0.658. The predicted octanol–water partition coefficient (Wildman–Crippen LogP) is 2.61. The van der Waals surface area contributed by atoms with Crippen molar-refractivity contribution >= 4 is 39.8 Å². The minimum atomic E-state index is 0.605. The van der Waals surface area contributed by atoms with Crippen molar-refractivity contribution in [2.24, 2.45) is 0 Å². The first kappa shape index (κ1) is 8.56. The van der Waals surface area contributed by atoms with Crippen LogP contribution >= 0.6 is 27.7 Å². The smallest absolute Gasteiger partial charge is 0.224 e. The van der Waals surface area contributed by atoms with Gasteiger partial charge in [0.25, 0.3) is 0 Å². The molecule has 1 amide bonds. The van der Waals surface area contributed by atoms with Crippen LogP contribution in [0.4, 0.5) is 5.69 Å². The number of nitrogens with zero attached hydrogens (tertiary/aromatic N) is 1. The Morgan fingerprint density at radius 1 is 1.55 bits per heavy atom. The van der Waals surface area contributed by atoms with Crippen molar-refractivity contribution in [3.05, 3.63) is 29.3 Å². The van der Waals surface area contributed by atoms with Gasteiger partial charge in [-0.2, -0.15) is 0 Å². The zero-order valence-electron chi connectivity index (χ0n) is 5.50. The third-order valence-corrected chi connectivity index (χ3v) is 1.96. The maximum Gasteiger partial charge on any atom is 0.224 e. The van der Waals surface area contributed by atoms with Gasteiger partial charge in [0.05, 0.1) is 21.8 Å². The number of amides is 1. The predicted molar refractivity (Wildman–Crippen MR) is 48.9 cm³/mol. The normalized spacial score (nSPS) is 9.27. The molecule has 0 radical (unpaired) electrons. The molecule has 1 rings (SSSR count). The molecule has 1 aromatic carbocycles. The molecular weight excluding hydrogens is 229 g/mol. The molecule has 0 bridgehead atoms. The molecule has 0 N–H and O–H groups in total. The second-order valence-electron chi connectivity index (χ2n) is 1.90. The van der Waals surface area contributed by atoms with Gasteiger partial charge < -0.3 is 0 Å². The highest BCUT2D eigenvalue weighted by Crippen LogP contribution is 2.20. The molecule has 0 heterocycles. The van der Waals surface area contributed by atoms with Crippen LogP contribution in [-0.4, -0.2) is 6.41 Å². The van der Waals surface area contributed by atoms with Gasteiger partial charge in [-0.15, -0.1) is 0 Å². The topological polar surface area (TPSA) is 20.3 Å². The van der Waals surface area contributed by atoms with E-state index in [1.54, 1.807) is 24.3 Å². The maximum atomic E-state index is 10.3. The van der Waals surface area contributed by atoms with Gasteiger partial charge in [0.1, 0.15) is 0 Å². The second-order valence-corrected chi connectivity index (χ2v) is 3.10. The molecule has 0 atom stereocenters. The molecule has 0 saturated carbocycles. The molecule has 0 aliphatic heterocycles. The first-order chi connectivity index (χ1) is 5.24. The minimum Gasteiger partial charge on any atom is -0.277 e. The minimum absolute atomic E-state index is 0.605. The van der Waals surface area contributed by atoms with Crippen molar-refractivity contribution in [2.75, 3.05) is 3.93 Å². The van der Waals surface area contributed by atoms with Gasteiger partial charge >= 0.3 is 0 Å². The summed E-state index contributed by atoms with van der Waals surface area (Å²) in [7, 11) is 0. The van der Waals surface area contributed by atoms with Gasteiger partial charge in [0, 0.05) is 5.02 Å². The van der Waals surface area contributed by atoms with Crippen LogP contribution in [0.3, 0.4) is 0 Å². The zero-order chi connectivity index (χ0) is 8.27. The molecule has 0 saturated heterocycles. The fraction of sp³-hybridized carbons (Fsp3) is 0. The molecular formula is C7H5BrClNO. The molecule has 58 valence electrons. The Kier molecular flexibility index (Phi) is 2.91. The average Bonchev–Trinajstić information content (AvgIpc) is 2.03. The highest BCUT2D eigenvalue weighted by molar-refractivity contribution is 9.10. The van der Waals surface area contributed by atoms with E-state index in [2.05, 4.69) is 16.1 Å². The zero-order valence-corrected chi connectivity index (χ0v) is 7.84. The van der Waals surface area contributed by atoms with Crippen LogP contribution in [0.1, 0.15) is 0 Å². The van der Waals surface area contributed by atoms with Gasteiger partial charge in [-0.05, 0) is 18.2 Å². The summed E-state index contributed by atoms with van der Waals surface area (Å²) in [5.41, 5.74) is 0.715. The fourth-order valence-electron chi connectivity index (χ4n) is 0.670. The third kappa shape index (κ3) is 2.20. The van der Waals surface area contributed by atoms with E-state index >= 15 is 0 Å². The Bertz CT molecular complexity index is 266. The SMILES string of the molecule is O=CN(Br)c1cccc(Cl)c1. The van der Waals surface area contributed by atoms with Crippen LogP contribution < -0.4 is 3.93 Å². The molecule has 4 heteroatoms. The number of halogens is 2. The lowest BCUT2D eigenvalue weighted by Gasteiger charge is -2.06. The van der Waals surface area contributed by atoms with E-state index in [0.29, 0.717) is 17.1 Å². The van der Waals surface area contributed by atoms with E-state index in [-0.39, 0.29) is 0 Å². The maximum absolute atomic E-state index is 10.3. The number of benzene rings is 1. The Labute approximate surface area is 78.1 Å². The molecule has 1 aromatic rings. The molecule has 0 aliphatic rings. The van der Waals surface area contributed by atoms with E-state index < -0.39 is 0 Å². The van der Waals surface area contributed by atoms with Gasteiger partial charge in [-0.25, -0.2) is 3.93 Å². The van der Waals surface area contributed by atoms with E-state index in [1.807, 2.05) is 0 Å². The summed E-state index contributed by atoms with van der Waals surface area (Å²) in [4.78, 5) is 10.3. The fourth-order valence-corrected chi connectivity index (χ4v) is 1.07. The summed E-state index contributed by atoms with van der Waals surface area (Å²) in [6, 6.07) is 6.98. The lowest BCUT2D eigenvalue weighted by atomic mass is 10.3. The van der Waals surface area contributed by atoms with E-state index in [1.165, 1.54) is 3.93 Å². The number of hydrogen-bond acceptors (Lipinski definition) is 1. The Morgan fingerprint density at radius 3 is 2.82 bits per heavy atom. The van der Waals surface area contributed by atoms with Crippen molar-refractivity contribution in [1.29, 1.82) is 0 Å². The number of carbonyl (C=O) groups is 1. The van der Waals surface area contributed by atoms with Gasteiger partial charge in [0.15, 0.2) is 0 Å². The molecule has 2 nitrogen and oxygen atoms in total. The van der Waals surface area contributed by atoms with Crippen molar-refractivity contribution in [1.82, 2.24) is 0 Å². The summed E-state index contributed by atoms with van der Waals surface area (Å²) in [5, 5.41) is 0.605. The van der Waals surface area contributed by atoms with E-state index in [0.717, 1.165) is 0 Å².